The summed E-state index contributed by atoms with van der Waals surface area (Å²) in [7, 11) is 0. The molecule has 0 spiro atoms. The van der Waals surface area contributed by atoms with Crippen molar-refractivity contribution < 1.29 is 9.59 Å². The van der Waals surface area contributed by atoms with Gasteiger partial charge in [-0.3, -0.25) is 9.59 Å². The van der Waals surface area contributed by atoms with Gasteiger partial charge in [0.1, 0.15) is 0 Å². The van der Waals surface area contributed by atoms with E-state index >= 15 is 0 Å². The van der Waals surface area contributed by atoms with Crippen molar-refractivity contribution in [3.05, 3.63) is 58.1 Å². The summed E-state index contributed by atoms with van der Waals surface area (Å²) >= 11 is 6.07. The van der Waals surface area contributed by atoms with Crippen molar-refractivity contribution in [3.63, 3.8) is 0 Å². The zero-order valence-corrected chi connectivity index (χ0v) is 17.8. The first kappa shape index (κ1) is 20.9. The quantitative estimate of drug-likeness (QED) is 0.784. The molecule has 0 bridgehead atoms. The lowest BCUT2D eigenvalue weighted by Gasteiger charge is -2.29. The number of benzene rings is 2. The number of hydrogen-bond donors (Lipinski definition) is 1. The Morgan fingerprint density at radius 3 is 2.55 bits per heavy atom. The van der Waals surface area contributed by atoms with Crippen molar-refractivity contribution in [3.8, 4) is 6.07 Å². The van der Waals surface area contributed by atoms with Crippen molar-refractivity contribution in [2.75, 3.05) is 16.8 Å². The minimum Gasteiger partial charge on any atom is -0.325 e. The van der Waals surface area contributed by atoms with Crippen molar-refractivity contribution in [1.29, 1.82) is 5.26 Å². The zero-order chi connectivity index (χ0) is 21.3. The number of nitriles is 1. The summed E-state index contributed by atoms with van der Waals surface area (Å²) in [6.07, 6.45) is 0.513. The predicted molar refractivity (Wildman–Crippen MR) is 115 cm³/mol. The lowest BCUT2D eigenvalue weighted by Crippen LogP contribution is -2.42. The minimum absolute atomic E-state index is 0.0526. The van der Waals surface area contributed by atoms with Gasteiger partial charge in [-0.15, -0.1) is 0 Å². The number of nitrogens with zero attached hydrogens (tertiary/aromatic N) is 2. The Bertz CT molecular complexity index is 1010. The molecule has 1 heterocycles. The fourth-order valence-electron chi connectivity index (χ4n) is 4.22. The van der Waals surface area contributed by atoms with Crippen LogP contribution in [0.4, 0.5) is 11.4 Å². The second-order valence-electron chi connectivity index (χ2n) is 7.69. The Hall–Kier alpha value is -2.84. The van der Waals surface area contributed by atoms with E-state index in [4.69, 9.17) is 16.9 Å². The maximum absolute atomic E-state index is 13.4. The first-order valence-corrected chi connectivity index (χ1v) is 10.0. The summed E-state index contributed by atoms with van der Waals surface area (Å²) < 4.78 is 0. The Morgan fingerprint density at radius 1 is 1.31 bits per heavy atom. The highest BCUT2D eigenvalue weighted by molar-refractivity contribution is 6.31. The van der Waals surface area contributed by atoms with E-state index in [0.29, 0.717) is 29.2 Å². The Balaban J connectivity index is 1.96. The summed E-state index contributed by atoms with van der Waals surface area (Å²) in [5.41, 5.74) is 2.84. The molecule has 1 aliphatic rings. The van der Waals surface area contributed by atoms with E-state index in [1.807, 2.05) is 52.0 Å². The maximum atomic E-state index is 13.4. The van der Waals surface area contributed by atoms with Crippen LogP contribution in [0.1, 0.15) is 37.0 Å². The van der Waals surface area contributed by atoms with E-state index in [2.05, 4.69) is 5.32 Å². The molecule has 1 N–H and O–H groups in total. The van der Waals surface area contributed by atoms with E-state index in [9.17, 15) is 9.59 Å². The molecular formula is C23H24ClN3O2. The highest BCUT2D eigenvalue weighted by Crippen LogP contribution is 2.44. The fourth-order valence-corrected chi connectivity index (χ4v) is 4.45. The van der Waals surface area contributed by atoms with Crippen LogP contribution in [0.5, 0.6) is 0 Å². The summed E-state index contributed by atoms with van der Waals surface area (Å²) in [6, 6.07) is 12.7. The zero-order valence-electron chi connectivity index (χ0n) is 17.0. The fraction of sp³-hybridized carbons (Fsp3) is 0.348. The molecule has 0 aromatic heterocycles. The Labute approximate surface area is 176 Å². The molecule has 5 nitrogen and oxygen atoms in total. The molecule has 0 saturated carbocycles. The van der Waals surface area contributed by atoms with Gasteiger partial charge < -0.3 is 10.2 Å². The molecule has 29 heavy (non-hydrogen) atoms. The second kappa shape index (κ2) is 7.88. The summed E-state index contributed by atoms with van der Waals surface area (Å²) in [4.78, 5) is 28.3. The van der Waals surface area contributed by atoms with E-state index in [-0.39, 0.29) is 11.8 Å². The predicted octanol–water partition coefficient (Wildman–Crippen LogP) is 4.85. The van der Waals surface area contributed by atoms with Crippen LogP contribution in [-0.2, 0) is 9.59 Å². The number of para-hydroxylation sites is 1. The van der Waals surface area contributed by atoms with Crippen molar-refractivity contribution in [1.82, 2.24) is 0 Å². The second-order valence-corrected chi connectivity index (χ2v) is 8.13. The van der Waals surface area contributed by atoms with Gasteiger partial charge in [0.05, 0.1) is 23.0 Å². The number of amides is 2. The molecular weight excluding hydrogens is 386 g/mol. The van der Waals surface area contributed by atoms with Gasteiger partial charge in [0.2, 0.25) is 11.8 Å². The highest BCUT2D eigenvalue weighted by atomic mass is 35.5. The van der Waals surface area contributed by atoms with Crippen LogP contribution in [0.25, 0.3) is 0 Å². The molecule has 150 valence electrons. The van der Waals surface area contributed by atoms with E-state index < -0.39 is 11.3 Å². The van der Waals surface area contributed by atoms with Crippen LogP contribution >= 0.6 is 11.6 Å². The molecule has 1 fully saturated rings. The normalized spacial score (nSPS) is 21.2. The number of anilines is 2. The Kier molecular flexibility index (Phi) is 5.68. The average molecular weight is 410 g/mol. The molecule has 0 aliphatic carbocycles. The molecule has 2 aromatic carbocycles. The van der Waals surface area contributed by atoms with E-state index in [1.54, 1.807) is 17.0 Å². The molecule has 6 heteroatoms. The van der Waals surface area contributed by atoms with Gasteiger partial charge in [-0.25, -0.2) is 0 Å². The molecule has 3 rings (SSSR count). The van der Waals surface area contributed by atoms with Crippen LogP contribution in [0.2, 0.25) is 5.02 Å². The molecule has 0 unspecified atom stereocenters. The van der Waals surface area contributed by atoms with Gasteiger partial charge in [0.15, 0.2) is 0 Å². The van der Waals surface area contributed by atoms with Crippen LogP contribution < -0.4 is 10.2 Å². The largest absolute Gasteiger partial charge is 0.325 e. The average Bonchev–Trinajstić information content (AvgIpc) is 2.93. The third-order valence-corrected chi connectivity index (χ3v) is 6.20. The van der Waals surface area contributed by atoms with Gasteiger partial charge >= 0.3 is 0 Å². The molecule has 1 aliphatic heterocycles. The highest BCUT2D eigenvalue weighted by Gasteiger charge is 2.54. The minimum atomic E-state index is -0.874. The monoisotopic (exact) mass is 409 g/mol. The number of halogens is 1. The van der Waals surface area contributed by atoms with Gasteiger partial charge in [-0.05, 0) is 49.6 Å². The summed E-state index contributed by atoms with van der Waals surface area (Å²) in [6.45, 7) is 8.00. The number of rotatable bonds is 4. The maximum Gasteiger partial charge on any atom is 0.233 e. The smallest absolute Gasteiger partial charge is 0.233 e. The topological polar surface area (TPSA) is 73.2 Å². The third kappa shape index (κ3) is 3.61. The number of carbonyl (C=O) groups is 2. The Morgan fingerprint density at radius 2 is 1.97 bits per heavy atom. The van der Waals surface area contributed by atoms with Crippen LogP contribution in [-0.4, -0.2) is 18.4 Å². The van der Waals surface area contributed by atoms with Gasteiger partial charge in [-0.1, -0.05) is 43.6 Å². The lowest BCUT2D eigenvalue weighted by molar-refractivity contribution is -0.131. The first-order chi connectivity index (χ1) is 13.7. The lowest BCUT2D eigenvalue weighted by atomic mass is 9.75. The van der Waals surface area contributed by atoms with E-state index in [1.165, 1.54) is 6.07 Å². The van der Waals surface area contributed by atoms with E-state index in [0.717, 1.165) is 16.8 Å². The van der Waals surface area contributed by atoms with Crippen LogP contribution in [0.3, 0.4) is 0 Å². The number of aryl methyl sites for hydroxylation is 2. The molecule has 2 amide bonds. The van der Waals surface area contributed by atoms with Gasteiger partial charge in [0.25, 0.3) is 0 Å². The number of carbonyl (C=O) groups excluding carboxylic acids is 2. The van der Waals surface area contributed by atoms with Crippen molar-refractivity contribution in [2.24, 2.45) is 11.3 Å². The summed E-state index contributed by atoms with van der Waals surface area (Å²) in [5.74, 6) is -0.759. The molecule has 2 aromatic rings. The van der Waals surface area contributed by atoms with Gasteiger partial charge in [0, 0.05) is 22.9 Å². The molecule has 0 radical (unpaired) electrons. The standard InChI is InChI=1S/C23H24ClN3O2/c1-5-23(22(29)26-19-10-17(12-25)9-18(24)11-19)13-27(21(28)16(23)4)20-14(2)7-6-8-15(20)3/h6-11,16H,5,13H2,1-4H3,(H,26,29)/t16-,23-/m1/s1. The summed E-state index contributed by atoms with van der Waals surface area (Å²) in [5, 5.41) is 12.4. The van der Waals surface area contributed by atoms with Crippen molar-refractivity contribution in [2.45, 2.75) is 34.1 Å². The van der Waals surface area contributed by atoms with Crippen LogP contribution in [0, 0.1) is 36.5 Å². The number of nitrogens with one attached hydrogen (secondary N) is 1. The SMILES string of the molecule is CC[C@@]1(C(=O)Nc2cc(Cl)cc(C#N)c2)CN(c2c(C)cccc2C)C(=O)[C@H]1C. The van der Waals surface area contributed by atoms with Crippen LogP contribution in [0.15, 0.2) is 36.4 Å². The van der Waals surface area contributed by atoms with Crippen molar-refractivity contribution >= 4 is 34.8 Å². The number of hydrogen-bond acceptors (Lipinski definition) is 3. The molecule has 2 atom stereocenters. The van der Waals surface area contributed by atoms with Gasteiger partial charge in [-0.2, -0.15) is 5.26 Å². The molecule has 1 saturated heterocycles. The first-order valence-electron chi connectivity index (χ1n) is 9.63. The third-order valence-electron chi connectivity index (χ3n) is 5.98.